The van der Waals surface area contributed by atoms with Gasteiger partial charge in [-0.05, 0) is 38.8 Å². The molecule has 1 N–H and O–H groups in total. The average Bonchev–Trinajstić information content (AvgIpc) is 2.44. The maximum absolute atomic E-state index is 11.0. The van der Waals surface area contributed by atoms with E-state index < -0.39 is 4.92 Å². The van der Waals surface area contributed by atoms with Crippen LogP contribution in [-0.2, 0) is 0 Å². The number of nitrogens with zero attached hydrogens (tertiary/aromatic N) is 3. The lowest BCUT2D eigenvalue weighted by Gasteiger charge is -2.44. The molecule has 0 bridgehead atoms. The normalized spacial score (nSPS) is 26.1. The molecule has 2 aliphatic rings. The molecule has 0 radical (unpaired) electrons. The van der Waals surface area contributed by atoms with E-state index in [9.17, 15) is 10.1 Å². The molecular weight excluding hydrogens is 292 g/mol. The van der Waals surface area contributed by atoms with Crippen LogP contribution < -0.4 is 5.32 Å². The number of likely N-dealkylation sites (tertiary alicyclic amines) is 1. The zero-order valence-electron chi connectivity index (χ0n) is 11.8. The topological polar surface area (TPSA) is 71.3 Å². The average molecular weight is 311 g/mol. The lowest BCUT2D eigenvalue weighted by Crippen LogP contribution is -2.51. The van der Waals surface area contributed by atoms with Crippen molar-refractivity contribution in [1.82, 2.24) is 9.88 Å². The number of nitrogens with one attached hydrogen (secondary N) is 1. The van der Waals surface area contributed by atoms with Gasteiger partial charge in [0.1, 0.15) is 0 Å². The van der Waals surface area contributed by atoms with Crippen molar-refractivity contribution in [2.75, 3.05) is 18.4 Å². The van der Waals surface area contributed by atoms with Crippen molar-refractivity contribution >= 4 is 23.1 Å². The zero-order valence-corrected chi connectivity index (χ0v) is 12.6. The molecule has 1 aromatic heterocycles. The maximum Gasteiger partial charge on any atom is 0.312 e. The van der Waals surface area contributed by atoms with Gasteiger partial charge in [0.2, 0.25) is 5.82 Å². The van der Waals surface area contributed by atoms with Gasteiger partial charge < -0.3 is 10.2 Å². The Morgan fingerprint density at radius 2 is 2.05 bits per heavy atom. The van der Waals surface area contributed by atoms with E-state index in [4.69, 9.17) is 11.6 Å². The highest BCUT2D eigenvalue weighted by atomic mass is 35.5. The standard InChI is InChI=1S/C14H19ClN4O2/c15-10-6-13(19(20)21)14(16-9-10)17-11-7-12(8-11)18-4-2-1-3-5-18/h6,9,11-12H,1-5,7-8H2,(H,16,17). The highest BCUT2D eigenvalue weighted by Crippen LogP contribution is 2.33. The Kier molecular flexibility index (Phi) is 4.26. The van der Waals surface area contributed by atoms with E-state index in [1.165, 1.54) is 44.6 Å². The minimum Gasteiger partial charge on any atom is -0.361 e. The number of hydrogen-bond donors (Lipinski definition) is 1. The highest BCUT2D eigenvalue weighted by Gasteiger charge is 2.35. The molecule has 2 fully saturated rings. The molecule has 0 atom stereocenters. The second-order valence-corrected chi connectivity index (χ2v) is 6.28. The van der Waals surface area contributed by atoms with E-state index in [0.29, 0.717) is 11.9 Å². The second-order valence-electron chi connectivity index (χ2n) is 5.84. The van der Waals surface area contributed by atoms with Crippen molar-refractivity contribution in [1.29, 1.82) is 0 Å². The molecule has 0 amide bonds. The predicted molar refractivity (Wildman–Crippen MR) is 81.8 cm³/mol. The van der Waals surface area contributed by atoms with Crippen molar-refractivity contribution in [3.05, 3.63) is 27.4 Å². The number of halogens is 1. The Hall–Kier alpha value is -1.40. The number of nitro groups is 1. The number of piperidine rings is 1. The first kappa shape index (κ1) is 14.5. The molecule has 21 heavy (non-hydrogen) atoms. The molecule has 0 spiro atoms. The third kappa shape index (κ3) is 3.27. The van der Waals surface area contributed by atoms with Crippen molar-refractivity contribution < 1.29 is 4.92 Å². The van der Waals surface area contributed by atoms with Crippen molar-refractivity contribution in [3.8, 4) is 0 Å². The molecule has 2 heterocycles. The minimum absolute atomic E-state index is 0.0519. The first-order chi connectivity index (χ1) is 10.1. The molecule has 0 unspecified atom stereocenters. The van der Waals surface area contributed by atoms with E-state index in [2.05, 4.69) is 15.2 Å². The lowest BCUT2D eigenvalue weighted by molar-refractivity contribution is -0.384. The number of anilines is 1. The summed E-state index contributed by atoms with van der Waals surface area (Å²) in [5, 5.41) is 14.5. The van der Waals surface area contributed by atoms with Crippen molar-refractivity contribution in [3.63, 3.8) is 0 Å². The summed E-state index contributed by atoms with van der Waals surface area (Å²) >= 11 is 5.77. The molecule has 1 aromatic rings. The van der Waals surface area contributed by atoms with Crippen LogP contribution in [0, 0.1) is 10.1 Å². The Balaban J connectivity index is 1.58. The molecule has 114 valence electrons. The molecule has 0 aromatic carbocycles. The Morgan fingerprint density at radius 3 is 2.71 bits per heavy atom. The quantitative estimate of drug-likeness (QED) is 0.683. The molecule has 7 heteroatoms. The predicted octanol–water partition coefficient (Wildman–Crippen LogP) is 3.07. The van der Waals surface area contributed by atoms with Crippen LogP contribution in [0.4, 0.5) is 11.5 Å². The fraction of sp³-hybridized carbons (Fsp3) is 0.643. The highest BCUT2D eigenvalue weighted by molar-refractivity contribution is 6.30. The number of aromatic nitrogens is 1. The molecule has 3 rings (SSSR count). The summed E-state index contributed by atoms with van der Waals surface area (Å²) in [6.45, 7) is 2.38. The summed E-state index contributed by atoms with van der Waals surface area (Å²) in [5.41, 5.74) is -0.0519. The Bertz CT molecular complexity index is 528. The maximum atomic E-state index is 11.0. The number of hydrogen-bond acceptors (Lipinski definition) is 5. The summed E-state index contributed by atoms with van der Waals surface area (Å²) in [6, 6.07) is 2.23. The monoisotopic (exact) mass is 310 g/mol. The third-order valence-corrected chi connectivity index (χ3v) is 4.60. The van der Waals surface area contributed by atoms with Gasteiger partial charge in [0, 0.05) is 24.3 Å². The van der Waals surface area contributed by atoms with Crippen LogP contribution in [0.3, 0.4) is 0 Å². The number of pyridine rings is 1. The van der Waals surface area contributed by atoms with Crippen LogP contribution in [0.5, 0.6) is 0 Å². The molecular formula is C14H19ClN4O2. The lowest BCUT2D eigenvalue weighted by atomic mass is 9.84. The van der Waals surface area contributed by atoms with Gasteiger partial charge >= 0.3 is 5.69 Å². The summed E-state index contributed by atoms with van der Waals surface area (Å²) < 4.78 is 0. The van der Waals surface area contributed by atoms with E-state index >= 15 is 0 Å². The van der Waals surface area contributed by atoms with Gasteiger partial charge in [-0.1, -0.05) is 18.0 Å². The van der Waals surface area contributed by atoms with Crippen molar-refractivity contribution in [2.45, 2.75) is 44.2 Å². The first-order valence-corrected chi connectivity index (χ1v) is 7.82. The van der Waals surface area contributed by atoms with Crippen LogP contribution in [-0.4, -0.2) is 40.0 Å². The SMILES string of the molecule is O=[N+]([O-])c1cc(Cl)cnc1NC1CC(N2CCCCC2)C1. The van der Waals surface area contributed by atoms with Gasteiger partial charge in [-0.3, -0.25) is 10.1 Å². The van der Waals surface area contributed by atoms with Gasteiger partial charge in [-0.2, -0.15) is 0 Å². The van der Waals surface area contributed by atoms with Gasteiger partial charge in [0.25, 0.3) is 0 Å². The Morgan fingerprint density at radius 1 is 1.33 bits per heavy atom. The third-order valence-electron chi connectivity index (χ3n) is 4.39. The number of rotatable bonds is 4. The molecule has 6 nitrogen and oxygen atoms in total. The molecule has 1 saturated carbocycles. The summed E-state index contributed by atoms with van der Waals surface area (Å²) in [7, 11) is 0. The van der Waals surface area contributed by atoms with E-state index in [1.807, 2.05) is 0 Å². The fourth-order valence-corrected chi connectivity index (χ4v) is 3.31. The van der Waals surface area contributed by atoms with Crippen LogP contribution in [0.15, 0.2) is 12.3 Å². The van der Waals surface area contributed by atoms with Gasteiger partial charge in [0.05, 0.1) is 9.95 Å². The van der Waals surface area contributed by atoms with Crippen LogP contribution in [0.25, 0.3) is 0 Å². The smallest absolute Gasteiger partial charge is 0.312 e. The van der Waals surface area contributed by atoms with E-state index in [0.717, 1.165) is 12.8 Å². The van der Waals surface area contributed by atoms with Gasteiger partial charge in [-0.25, -0.2) is 4.98 Å². The first-order valence-electron chi connectivity index (χ1n) is 7.44. The van der Waals surface area contributed by atoms with Crippen LogP contribution in [0.2, 0.25) is 5.02 Å². The molecule has 1 saturated heterocycles. The summed E-state index contributed by atoms with van der Waals surface area (Å²) in [6.07, 6.45) is 7.42. The Labute approximate surface area is 128 Å². The zero-order chi connectivity index (χ0) is 14.8. The summed E-state index contributed by atoms with van der Waals surface area (Å²) in [5.74, 6) is 0.325. The largest absolute Gasteiger partial charge is 0.361 e. The minimum atomic E-state index is -0.442. The van der Waals surface area contributed by atoms with E-state index in [1.54, 1.807) is 0 Å². The van der Waals surface area contributed by atoms with E-state index in [-0.39, 0.29) is 16.8 Å². The fourth-order valence-electron chi connectivity index (χ4n) is 3.16. The second kappa shape index (κ2) is 6.15. The molecule has 1 aliphatic heterocycles. The van der Waals surface area contributed by atoms with Gasteiger partial charge in [-0.15, -0.1) is 0 Å². The van der Waals surface area contributed by atoms with Crippen molar-refractivity contribution in [2.24, 2.45) is 0 Å². The summed E-state index contributed by atoms with van der Waals surface area (Å²) in [4.78, 5) is 17.2. The van der Waals surface area contributed by atoms with Crippen LogP contribution >= 0.6 is 11.6 Å². The van der Waals surface area contributed by atoms with Crippen LogP contribution in [0.1, 0.15) is 32.1 Å². The molecule has 1 aliphatic carbocycles. The van der Waals surface area contributed by atoms with Gasteiger partial charge in [0.15, 0.2) is 0 Å².